The number of anilines is 1. The van der Waals surface area contributed by atoms with Gasteiger partial charge in [-0.3, -0.25) is 9.78 Å². The SMILES string of the molecule is CN1C(=O)C(F)Cc2cc(-c3cncc(O[C@@H]4CCNC4)c3)ccc21. The first-order valence-corrected chi connectivity index (χ1v) is 8.49. The summed E-state index contributed by atoms with van der Waals surface area (Å²) in [7, 11) is 1.61. The molecule has 1 saturated heterocycles. The number of hydrogen-bond donors (Lipinski definition) is 1. The number of rotatable bonds is 3. The average molecular weight is 341 g/mol. The van der Waals surface area contributed by atoms with Gasteiger partial charge in [0, 0.05) is 37.5 Å². The third-order valence-corrected chi connectivity index (χ3v) is 4.80. The van der Waals surface area contributed by atoms with Crippen LogP contribution >= 0.6 is 0 Å². The molecule has 25 heavy (non-hydrogen) atoms. The van der Waals surface area contributed by atoms with Gasteiger partial charge in [0.2, 0.25) is 0 Å². The minimum absolute atomic E-state index is 0.115. The Morgan fingerprint density at radius 1 is 1.28 bits per heavy atom. The van der Waals surface area contributed by atoms with Gasteiger partial charge in [0.1, 0.15) is 11.9 Å². The molecule has 0 radical (unpaired) electrons. The molecule has 1 amide bonds. The highest BCUT2D eigenvalue weighted by Gasteiger charge is 2.30. The van der Waals surface area contributed by atoms with E-state index in [4.69, 9.17) is 4.74 Å². The lowest BCUT2D eigenvalue weighted by Gasteiger charge is -2.28. The maximum atomic E-state index is 13.9. The predicted molar refractivity (Wildman–Crippen MR) is 93.6 cm³/mol. The number of alkyl halides is 1. The first-order valence-electron chi connectivity index (χ1n) is 8.49. The van der Waals surface area contributed by atoms with Crippen LogP contribution in [0.25, 0.3) is 11.1 Å². The Balaban J connectivity index is 1.62. The Labute approximate surface area is 145 Å². The van der Waals surface area contributed by atoms with E-state index >= 15 is 0 Å². The monoisotopic (exact) mass is 341 g/mol. The number of nitrogens with one attached hydrogen (secondary N) is 1. The summed E-state index contributed by atoms with van der Waals surface area (Å²) in [4.78, 5) is 17.4. The summed E-state index contributed by atoms with van der Waals surface area (Å²) in [6.45, 7) is 1.82. The minimum atomic E-state index is -1.48. The van der Waals surface area contributed by atoms with Crippen LogP contribution in [0.4, 0.5) is 10.1 Å². The van der Waals surface area contributed by atoms with Gasteiger partial charge in [-0.1, -0.05) is 6.07 Å². The second-order valence-electron chi connectivity index (χ2n) is 6.55. The van der Waals surface area contributed by atoms with Crippen molar-refractivity contribution >= 4 is 11.6 Å². The largest absolute Gasteiger partial charge is 0.487 e. The second kappa shape index (κ2) is 6.44. The number of nitrogens with zero attached hydrogens (tertiary/aromatic N) is 2. The van der Waals surface area contributed by atoms with Crippen molar-refractivity contribution < 1.29 is 13.9 Å². The molecule has 2 aliphatic heterocycles. The molecular formula is C19H20FN3O2. The van der Waals surface area contributed by atoms with Gasteiger partial charge in [-0.2, -0.15) is 0 Å². The van der Waals surface area contributed by atoms with E-state index < -0.39 is 12.1 Å². The smallest absolute Gasteiger partial charge is 0.261 e. The highest BCUT2D eigenvalue weighted by Crippen LogP contribution is 2.33. The van der Waals surface area contributed by atoms with Crippen LogP contribution in [0.1, 0.15) is 12.0 Å². The van der Waals surface area contributed by atoms with Gasteiger partial charge >= 0.3 is 0 Å². The van der Waals surface area contributed by atoms with E-state index in [9.17, 15) is 9.18 Å². The normalized spacial score (nSPS) is 22.8. The third kappa shape index (κ3) is 3.09. The molecule has 6 heteroatoms. The van der Waals surface area contributed by atoms with Gasteiger partial charge in [-0.25, -0.2) is 4.39 Å². The number of carbonyl (C=O) groups is 1. The van der Waals surface area contributed by atoms with Gasteiger partial charge < -0.3 is 15.0 Å². The van der Waals surface area contributed by atoms with Gasteiger partial charge in [0.15, 0.2) is 6.17 Å². The Morgan fingerprint density at radius 2 is 2.16 bits per heavy atom. The van der Waals surface area contributed by atoms with Crippen LogP contribution in [0.2, 0.25) is 0 Å². The maximum Gasteiger partial charge on any atom is 0.261 e. The standard InChI is InChI=1S/C19H20FN3O2/c1-23-18-3-2-12(6-13(18)8-17(20)19(23)24)14-7-16(11-22-9-14)25-15-4-5-21-10-15/h2-3,6-7,9,11,15,17,21H,4-5,8,10H2,1H3/t15-,17?/m1/s1. The fourth-order valence-electron chi connectivity index (χ4n) is 3.43. The highest BCUT2D eigenvalue weighted by atomic mass is 19.1. The number of fused-ring (bicyclic) bond motifs is 1. The van der Waals surface area contributed by atoms with Crippen molar-refractivity contribution in [3.05, 3.63) is 42.2 Å². The molecule has 1 unspecified atom stereocenters. The van der Waals surface area contributed by atoms with E-state index in [1.54, 1.807) is 19.4 Å². The van der Waals surface area contributed by atoms with Gasteiger partial charge in [0.25, 0.3) is 5.91 Å². The molecule has 0 spiro atoms. The molecule has 2 atom stereocenters. The van der Waals surface area contributed by atoms with E-state index in [2.05, 4.69) is 10.3 Å². The summed E-state index contributed by atoms with van der Waals surface area (Å²) in [6, 6.07) is 7.68. The molecule has 3 heterocycles. The van der Waals surface area contributed by atoms with Crippen LogP contribution in [-0.2, 0) is 11.2 Å². The van der Waals surface area contributed by atoms with Crippen LogP contribution in [-0.4, -0.2) is 43.3 Å². The van der Waals surface area contributed by atoms with E-state index in [0.29, 0.717) is 0 Å². The molecule has 2 aliphatic rings. The van der Waals surface area contributed by atoms with Crippen molar-refractivity contribution in [1.82, 2.24) is 10.3 Å². The molecular weight excluding hydrogens is 321 g/mol. The summed E-state index contributed by atoms with van der Waals surface area (Å²) in [5.74, 6) is 0.252. The summed E-state index contributed by atoms with van der Waals surface area (Å²) in [5.41, 5.74) is 3.45. The summed E-state index contributed by atoms with van der Waals surface area (Å²) in [6.07, 6.45) is 3.28. The molecule has 0 bridgehead atoms. The number of aromatic nitrogens is 1. The Kier molecular flexibility index (Phi) is 4.13. The third-order valence-electron chi connectivity index (χ3n) is 4.80. The van der Waals surface area contributed by atoms with Crippen molar-refractivity contribution in [1.29, 1.82) is 0 Å². The summed E-state index contributed by atoms with van der Waals surface area (Å²) < 4.78 is 19.9. The molecule has 1 N–H and O–H groups in total. The number of benzene rings is 1. The molecule has 1 aromatic carbocycles. The molecule has 0 aliphatic carbocycles. The second-order valence-corrected chi connectivity index (χ2v) is 6.55. The number of hydrogen-bond acceptors (Lipinski definition) is 4. The van der Waals surface area contributed by atoms with Gasteiger partial charge in [-0.15, -0.1) is 0 Å². The molecule has 5 nitrogen and oxygen atoms in total. The van der Waals surface area contributed by atoms with Crippen molar-refractivity contribution in [3.8, 4) is 16.9 Å². The fraction of sp³-hybridized carbons (Fsp3) is 0.368. The van der Waals surface area contributed by atoms with Crippen molar-refractivity contribution in [3.63, 3.8) is 0 Å². The number of ether oxygens (including phenoxy) is 1. The van der Waals surface area contributed by atoms with E-state index in [1.807, 2.05) is 24.3 Å². The Bertz CT molecular complexity index is 805. The lowest BCUT2D eigenvalue weighted by atomic mass is 9.96. The zero-order valence-electron chi connectivity index (χ0n) is 14.0. The molecule has 1 fully saturated rings. The summed E-state index contributed by atoms with van der Waals surface area (Å²) in [5, 5.41) is 3.27. The molecule has 0 saturated carbocycles. The van der Waals surface area contributed by atoms with Crippen LogP contribution in [0, 0.1) is 0 Å². The number of amides is 1. The Hall–Kier alpha value is -2.47. The highest BCUT2D eigenvalue weighted by molar-refractivity contribution is 5.99. The fourth-order valence-corrected chi connectivity index (χ4v) is 3.43. The van der Waals surface area contributed by atoms with Crippen molar-refractivity contribution in [2.24, 2.45) is 0 Å². The lowest BCUT2D eigenvalue weighted by Crippen LogP contribution is -2.39. The molecule has 130 valence electrons. The van der Waals surface area contributed by atoms with Gasteiger partial charge in [-0.05, 0) is 42.3 Å². The maximum absolute atomic E-state index is 13.9. The molecule has 2 aromatic rings. The zero-order valence-corrected chi connectivity index (χ0v) is 14.0. The van der Waals surface area contributed by atoms with Crippen LogP contribution < -0.4 is 15.0 Å². The number of halogens is 1. The number of pyridine rings is 1. The average Bonchev–Trinajstić information content (AvgIpc) is 3.12. The topological polar surface area (TPSA) is 54.5 Å². The van der Waals surface area contributed by atoms with Crippen LogP contribution in [0.5, 0.6) is 5.75 Å². The molecule has 4 rings (SSSR count). The number of carbonyl (C=O) groups excluding carboxylic acids is 1. The van der Waals surface area contributed by atoms with Gasteiger partial charge in [0.05, 0.1) is 6.20 Å². The quantitative estimate of drug-likeness (QED) is 0.931. The van der Waals surface area contributed by atoms with E-state index in [-0.39, 0.29) is 12.5 Å². The zero-order chi connectivity index (χ0) is 17.4. The Morgan fingerprint density at radius 3 is 2.96 bits per heavy atom. The first kappa shape index (κ1) is 16.0. The van der Waals surface area contributed by atoms with Crippen LogP contribution in [0.3, 0.4) is 0 Å². The first-order chi connectivity index (χ1) is 12.1. The predicted octanol–water partition coefficient (Wildman–Crippen LogP) is 2.35. The van der Waals surface area contributed by atoms with Crippen molar-refractivity contribution in [2.75, 3.05) is 25.0 Å². The van der Waals surface area contributed by atoms with Crippen LogP contribution in [0.15, 0.2) is 36.7 Å². The van der Waals surface area contributed by atoms with Crippen molar-refractivity contribution in [2.45, 2.75) is 25.1 Å². The minimum Gasteiger partial charge on any atom is -0.487 e. The lowest BCUT2D eigenvalue weighted by molar-refractivity contribution is -0.123. The van der Waals surface area contributed by atoms with E-state index in [0.717, 1.165) is 47.6 Å². The van der Waals surface area contributed by atoms with E-state index in [1.165, 1.54) is 4.90 Å². The molecule has 1 aromatic heterocycles. The summed E-state index contributed by atoms with van der Waals surface area (Å²) >= 11 is 0.